The van der Waals surface area contributed by atoms with Gasteiger partial charge in [0.2, 0.25) is 0 Å². The molecule has 0 spiro atoms. The van der Waals surface area contributed by atoms with E-state index < -0.39 is 18.6 Å². The quantitative estimate of drug-likeness (QED) is 0.388. The van der Waals surface area contributed by atoms with Crippen LogP contribution in [0.25, 0.3) is 0 Å². The van der Waals surface area contributed by atoms with Crippen molar-refractivity contribution >= 4 is 20.4 Å². The van der Waals surface area contributed by atoms with Gasteiger partial charge in [0.1, 0.15) is 0 Å². The number of rotatable bonds is 4. The van der Waals surface area contributed by atoms with Gasteiger partial charge in [-0.3, -0.25) is 0 Å². The van der Waals surface area contributed by atoms with Gasteiger partial charge in [-0.15, -0.1) is 0 Å². The molecule has 1 fully saturated rings. The van der Waals surface area contributed by atoms with Crippen LogP contribution < -0.4 is 0 Å². The van der Waals surface area contributed by atoms with Crippen molar-refractivity contribution in [2.45, 2.75) is 71.6 Å². The SMILES string of the molecule is CC(C)c1cc([C](C2CCCCC2)=[Hf]([Cl])[Cl])cc(C(C)C)c1. The fourth-order valence-electron chi connectivity index (χ4n) is 3.39. The first-order chi connectivity index (χ1) is 10.4. The van der Waals surface area contributed by atoms with Gasteiger partial charge in [-0.2, -0.15) is 0 Å². The van der Waals surface area contributed by atoms with Crippen molar-refractivity contribution in [3.63, 3.8) is 0 Å². The Balaban J connectivity index is 2.49. The Kier molecular flexibility index (Phi) is 7.36. The molecule has 0 radical (unpaired) electrons. The van der Waals surface area contributed by atoms with Crippen molar-refractivity contribution < 1.29 is 18.6 Å². The molecule has 1 aromatic carbocycles. The van der Waals surface area contributed by atoms with E-state index in [0.29, 0.717) is 17.8 Å². The van der Waals surface area contributed by atoms with Crippen LogP contribution in [0.4, 0.5) is 0 Å². The number of hydrogen-bond donors (Lipinski definition) is 0. The first-order valence-electron chi connectivity index (χ1n) is 8.60. The van der Waals surface area contributed by atoms with E-state index in [1.807, 2.05) is 0 Å². The second kappa shape index (κ2) is 8.58. The number of halogens is 2. The van der Waals surface area contributed by atoms with E-state index in [9.17, 15) is 0 Å². The fourth-order valence-corrected chi connectivity index (χ4v) is 11.1. The number of benzene rings is 1. The van der Waals surface area contributed by atoms with Crippen LogP contribution in [0, 0.1) is 5.92 Å². The molecule has 0 atom stereocenters. The molecule has 0 nitrogen and oxygen atoms in total. The molecule has 0 unspecified atom stereocenters. The second-order valence-electron chi connectivity index (χ2n) is 7.21. The maximum absolute atomic E-state index is 6.62. The van der Waals surface area contributed by atoms with Gasteiger partial charge in [0.15, 0.2) is 0 Å². The molecule has 122 valence electrons. The van der Waals surface area contributed by atoms with Gasteiger partial charge in [-0.05, 0) is 0 Å². The standard InChI is InChI=1S/C19H28.2ClH.Hf/c1-14(2)18-11-17(12-19(13-18)15(3)4)10-16-8-6-5-7-9-16;;;/h11-16H,5-9H2,1-4H3;2*1H;/q;;;+2/p-2. The van der Waals surface area contributed by atoms with E-state index >= 15 is 0 Å². The average Bonchev–Trinajstić information content (AvgIpc) is 2.47. The van der Waals surface area contributed by atoms with Crippen molar-refractivity contribution in [2.24, 2.45) is 5.92 Å². The molecule has 0 heterocycles. The molecule has 22 heavy (non-hydrogen) atoms. The summed E-state index contributed by atoms with van der Waals surface area (Å²) in [7, 11) is 13.2. The molecule has 3 heteroatoms. The first-order valence-corrected chi connectivity index (χ1v) is 19.3. The van der Waals surface area contributed by atoms with Gasteiger partial charge in [0.25, 0.3) is 0 Å². The third-order valence-corrected chi connectivity index (χ3v) is 12.1. The Hall–Kier alpha value is 0.540. The third-order valence-electron chi connectivity index (χ3n) is 4.84. The first kappa shape index (κ1) is 18.9. The van der Waals surface area contributed by atoms with Crippen LogP contribution in [0.5, 0.6) is 0 Å². The Morgan fingerprint density at radius 3 is 1.82 bits per heavy atom. The van der Waals surface area contributed by atoms with Gasteiger partial charge < -0.3 is 0 Å². The van der Waals surface area contributed by atoms with Crippen LogP contribution in [0.15, 0.2) is 18.2 Å². The topological polar surface area (TPSA) is 0 Å². The van der Waals surface area contributed by atoms with Crippen molar-refractivity contribution in [1.82, 2.24) is 0 Å². The molecule has 0 amide bonds. The summed E-state index contributed by atoms with van der Waals surface area (Å²) in [6.45, 7) is 9.08. The molecule has 1 aliphatic rings. The molecule has 1 aromatic rings. The molecule has 1 aliphatic carbocycles. The van der Waals surface area contributed by atoms with Crippen molar-refractivity contribution in [3.05, 3.63) is 34.9 Å². The van der Waals surface area contributed by atoms with E-state index in [4.69, 9.17) is 17.2 Å². The molecule has 0 bridgehead atoms. The summed E-state index contributed by atoms with van der Waals surface area (Å²) in [5, 5.41) is 0. The minimum atomic E-state index is -2.59. The Labute approximate surface area is 150 Å². The van der Waals surface area contributed by atoms with Crippen LogP contribution in [0.2, 0.25) is 0 Å². The van der Waals surface area contributed by atoms with E-state index in [1.165, 1.54) is 52.0 Å². The summed E-state index contributed by atoms with van der Waals surface area (Å²) in [5.74, 6) is 1.74. The molecule has 0 saturated heterocycles. The zero-order chi connectivity index (χ0) is 16.3. The Morgan fingerprint density at radius 1 is 0.909 bits per heavy atom. The zero-order valence-electron chi connectivity index (χ0n) is 14.3. The van der Waals surface area contributed by atoms with Crippen molar-refractivity contribution in [3.8, 4) is 0 Å². The van der Waals surface area contributed by atoms with Crippen LogP contribution >= 0.6 is 17.2 Å². The molecular weight excluding hydrogens is 478 g/mol. The molecular formula is C19H28Cl2Hf. The Morgan fingerprint density at radius 2 is 1.41 bits per heavy atom. The van der Waals surface area contributed by atoms with Crippen molar-refractivity contribution in [2.75, 3.05) is 0 Å². The van der Waals surface area contributed by atoms with Gasteiger partial charge in [0, 0.05) is 0 Å². The predicted octanol–water partition coefficient (Wildman–Crippen LogP) is 6.96. The van der Waals surface area contributed by atoms with Gasteiger partial charge in [0.05, 0.1) is 0 Å². The summed E-state index contributed by atoms with van der Waals surface area (Å²) in [6, 6.07) is 7.11. The third kappa shape index (κ3) is 4.77. The molecule has 1 saturated carbocycles. The zero-order valence-corrected chi connectivity index (χ0v) is 19.4. The van der Waals surface area contributed by atoms with Crippen LogP contribution in [0.3, 0.4) is 0 Å². The van der Waals surface area contributed by atoms with E-state index in [0.717, 1.165) is 0 Å². The van der Waals surface area contributed by atoms with E-state index in [-0.39, 0.29) is 0 Å². The number of hydrogen-bond acceptors (Lipinski definition) is 0. The van der Waals surface area contributed by atoms with E-state index in [2.05, 4.69) is 45.9 Å². The van der Waals surface area contributed by atoms with Crippen molar-refractivity contribution in [1.29, 1.82) is 0 Å². The van der Waals surface area contributed by atoms with Crippen LogP contribution in [-0.4, -0.2) is 3.26 Å². The maximum atomic E-state index is 6.62. The molecule has 0 N–H and O–H groups in total. The minimum absolute atomic E-state index is 0.546. The van der Waals surface area contributed by atoms with Crippen LogP contribution in [-0.2, 0) is 18.6 Å². The summed E-state index contributed by atoms with van der Waals surface area (Å²) in [4.78, 5) is 0. The average molecular weight is 506 g/mol. The van der Waals surface area contributed by atoms with Crippen LogP contribution in [0.1, 0.15) is 88.3 Å². The van der Waals surface area contributed by atoms with E-state index in [1.54, 1.807) is 0 Å². The molecule has 0 aromatic heterocycles. The monoisotopic (exact) mass is 506 g/mol. The molecule has 0 aliphatic heterocycles. The molecule has 2 rings (SSSR count). The normalized spacial score (nSPS) is 16.4. The van der Waals surface area contributed by atoms with Gasteiger partial charge in [-0.25, -0.2) is 0 Å². The summed E-state index contributed by atoms with van der Waals surface area (Å²) in [5.41, 5.74) is 4.22. The van der Waals surface area contributed by atoms with Gasteiger partial charge in [-0.1, -0.05) is 0 Å². The summed E-state index contributed by atoms with van der Waals surface area (Å²) < 4.78 is 1.47. The fraction of sp³-hybridized carbons (Fsp3) is 0.632. The summed E-state index contributed by atoms with van der Waals surface area (Å²) in [6.07, 6.45) is 6.61. The Bertz CT molecular complexity index is 510. The summed E-state index contributed by atoms with van der Waals surface area (Å²) >= 11 is -2.59. The second-order valence-corrected chi connectivity index (χ2v) is 18.8. The predicted molar refractivity (Wildman–Crippen MR) is 97.0 cm³/mol. The van der Waals surface area contributed by atoms with Gasteiger partial charge >= 0.3 is 151 Å².